The number of benzene rings is 3. The van der Waals surface area contributed by atoms with E-state index in [1.807, 2.05) is 48.5 Å². The number of fused-ring (bicyclic) bond motifs is 2. The van der Waals surface area contributed by atoms with E-state index in [2.05, 4.69) is 4.74 Å². The van der Waals surface area contributed by atoms with Crippen molar-refractivity contribution >= 4 is 34.9 Å². The van der Waals surface area contributed by atoms with E-state index in [0.717, 1.165) is 49.3 Å². The Morgan fingerprint density at radius 3 is 1.94 bits per heavy atom. The lowest BCUT2D eigenvalue weighted by Gasteiger charge is -2.24. The van der Waals surface area contributed by atoms with Gasteiger partial charge in [0, 0.05) is 12.1 Å². The highest BCUT2D eigenvalue weighted by Gasteiger charge is 2.27. The van der Waals surface area contributed by atoms with E-state index in [1.54, 1.807) is 0 Å². The number of carbonyl (C=O) groups excluding carboxylic acids is 3. The molecular weight excluding hydrogens is 440 g/mol. The van der Waals surface area contributed by atoms with Gasteiger partial charge in [0.25, 0.3) is 11.6 Å². The van der Waals surface area contributed by atoms with E-state index >= 15 is 0 Å². The Hall–Kier alpha value is -4.53. The van der Waals surface area contributed by atoms with Crippen molar-refractivity contribution in [1.29, 1.82) is 0 Å². The molecule has 9 heteroatoms. The SMILES string of the molecule is COC(=O)c1cc(C(=O)OCC(=O)N2c3ccccc3CCc3ccccc32)cc([N+](=O)[O-])c1. The summed E-state index contributed by atoms with van der Waals surface area (Å²) in [4.78, 5) is 49.8. The molecule has 0 spiro atoms. The predicted molar refractivity (Wildman–Crippen MR) is 122 cm³/mol. The van der Waals surface area contributed by atoms with Crippen LogP contribution in [-0.2, 0) is 27.1 Å². The van der Waals surface area contributed by atoms with Gasteiger partial charge in [-0.2, -0.15) is 0 Å². The summed E-state index contributed by atoms with van der Waals surface area (Å²) in [7, 11) is 1.12. The fourth-order valence-corrected chi connectivity index (χ4v) is 3.89. The number of aryl methyl sites for hydroxylation is 2. The summed E-state index contributed by atoms with van der Waals surface area (Å²) in [6, 6.07) is 18.1. The number of nitro groups is 1. The van der Waals surface area contributed by atoms with E-state index in [1.165, 1.54) is 4.90 Å². The van der Waals surface area contributed by atoms with Crippen molar-refractivity contribution in [3.8, 4) is 0 Å². The summed E-state index contributed by atoms with van der Waals surface area (Å²) in [5.74, 6) is -2.29. The first-order chi connectivity index (χ1) is 16.4. The molecule has 0 saturated heterocycles. The number of para-hydroxylation sites is 2. The Morgan fingerprint density at radius 1 is 0.882 bits per heavy atom. The van der Waals surface area contributed by atoms with Gasteiger partial charge in [-0.15, -0.1) is 0 Å². The van der Waals surface area contributed by atoms with Crippen LogP contribution in [0, 0.1) is 10.1 Å². The Morgan fingerprint density at radius 2 is 1.41 bits per heavy atom. The van der Waals surface area contributed by atoms with Crippen LogP contribution in [0.5, 0.6) is 0 Å². The summed E-state index contributed by atoms with van der Waals surface area (Å²) in [6.07, 6.45) is 1.50. The highest BCUT2D eigenvalue weighted by atomic mass is 16.6. The van der Waals surface area contributed by atoms with Crippen LogP contribution < -0.4 is 4.90 Å². The van der Waals surface area contributed by atoms with E-state index < -0.39 is 35.1 Å². The van der Waals surface area contributed by atoms with Gasteiger partial charge in [0.2, 0.25) is 0 Å². The number of methoxy groups -OCH3 is 1. The number of ether oxygens (including phenoxy) is 2. The number of esters is 2. The molecule has 1 aliphatic heterocycles. The van der Waals surface area contributed by atoms with Crippen LogP contribution in [0.15, 0.2) is 66.7 Å². The molecule has 0 N–H and O–H groups in total. The van der Waals surface area contributed by atoms with Gasteiger partial charge in [0.15, 0.2) is 6.61 Å². The molecule has 1 amide bonds. The molecule has 1 heterocycles. The Kier molecular flexibility index (Phi) is 6.35. The quantitative estimate of drug-likeness (QED) is 0.321. The fraction of sp³-hybridized carbons (Fsp3) is 0.160. The molecule has 0 fully saturated rings. The number of hydrogen-bond donors (Lipinski definition) is 0. The first kappa shape index (κ1) is 22.7. The highest BCUT2D eigenvalue weighted by molar-refractivity contribution is 6.04. The van der Waals surface area contributed by atoms with Gasteiger partial charge >= 0.3 is 11.9 Å². The molecule has 172 valence electrons. The number of nitro benzene ring substituents is 1. The minimum Gasteiger partial charge on any atom is -0.465 e. The third kappa shape index (κ3) is 4.49. The topological polar surface area (TPSA) is 116 Å². The van der Waals surface area contributed by atoms with Crippen LogP contribution in [0.25, 0.3) is 0 Å². The van der Waals surface area contributed by atoms with Gasteiger partial charge in [-0.05, 0) is 42.2 Å². The van der Waals surface area contributed by atoms with Crippen molar-refractivity contribution < 1.29 is 28.8 Å². The zero-order valence-electron chi connectivity index (χ0n) is 18.2. The van der Waals surface area contributed by atoms with E-state index in [4.69, 9.17) is 4.74 Å². The Bertz CT molecular complexity index is 1250. The van der Waals surface area contributed by atoms with Crippen LogP contribution in [-0.4, -0.2) is 36.5 Å². The van der Waals surface area contributed by atoms with Crippen LogP contribution in [0.4, 0.5) is 17.1 Å². The average molecular weight is 460 g/mol. The van der Waals surface area contributed by atoms with Crippen LogP contribution in [0.1, 0.15) is 31.8 Å². The lowest BCUT2D eigenvalue weighted by Crippen LogP contribution is -2.31. The summed E-state index contributed by atoms with van der Waals surface area (Å²) in [5, 5.41) is 11.2. The third-order valence-electron chi connectivity index (χ3n) is 5.49. The van der Waals surface area contributed by atoms with Crippen molar-refractivity contribution in [2.45, 2.75) is 12.8 Å². The number of carbonyl (C=O) groups is 3. The van der Waals surface area contributed by atoms with Gasteiger partial charge in [0.1, 0.15) is 0 Å². The smallest absolute Gasteiger partial charge is 0.338 e. The zero-order chi connectivity index (χ0) is 24.2. The Labute approximate surface area is 194 Å². The minimum atomic E-state index is -0.974. The van der Waals surface area contributed by atoms with Gasteiger partial charge < -0.3 is 9.47 Å². The molecule has 34 heavy (non-hydrogen) atoms. The molecule has 0 aromatic heterocycles. The number of anilines is 2. The van der Waals surface area contributed by atoms with E-state index in [9.17, 15) is 24.5 Å². The maximum Gasteiger partial charge on any atom is 0.338 e. The molecule has 3 aromatic carbocycles. The van der Waals surface area contributed by atoms with Crippen molar-refractivity contribution in [2.75, 3.05) is 18.6 Å². The number of non-ortho nitro benzene ring substituents is 1. The first-order valence-corrected chi connectivity index (χ1v) is 10.4. The number of hydrogen-bond acceptors (Lipinski definition) is 7. The average Bonchev–Trinajstić information content (AvgIpc) is 3.03. The van der Waals surface area contributed by atoms with Crippen LogP contribution in [0.3, 0.4) is 0 Å². The molecule has 0 radical (unpaired) electrons. The summed E-state index contributed by atoms with van der Waals surface area (Å²) < 4.78 is 9.80. The Balaban J connectivity index is 1.60. The molecule has 3 aromatic rings. The normalized spacial score (nSPS) is 12.1. The number of rotatable bonds is 5. The summed E-state index contributed by atoms with van der Waals surface area (Å²) in [5.41, 5.74) is 2.49. The largest absolute Gasteiger partial charge is 0.465 e. The van der Waals surface area contributed by atoms with Gasteiger partial charge in [-0.25, -0.2) is 9.59 Å². The van der Waals surface area contributed by atoms with Crippen molar-refractivity contribution in [1.82, 2.24) is 0 Å². The van der Waals surface area contributed by atoms with Gasteiger partial charge in [0.05, 0.1) is 34.5 Å². The second-order valence-electron chi connectivity index (χ2n) is 7.58. The van der Waals surface area contributed by atoms with Crippen molar-refractivity contribution in [2.24, 2.45) is 0 Å². The van der Waals surface area contributed by atoms with Gasteiger partial charge in [-0.1, -0.05) is 36.4 Å². The first-order valence-electron chi connectivity index (χ1n) is 10.4. The van der Waals surface area contributed by atoms with Gasteiger partial charge in [-0.3, -0.25) is 19.8 Å². The lowest BCUT2D eigenvalue weighted by atomic mass is 10.0. The summed E-state index contributed by atoms with van der Waals surface area (Å²) >= 11 is 0. The molecule has 1 aliphatic rings. The predicted octanol–water partition coefficient (Wildman–Crippen LogP) is 4.00. The number of amides is 1. The maximum absolute atomic E-state index is 13.3. The molecule has 0 bridgehead atoms. The van der Waals surface area contributed by atoms with E-state index in [-0.39, 0.29) is 11.1 Å². The van der Waals surface area contributed by atoms with Crippen molar-refractivity contribution in [3.63, 3.8) is 0 Å². The van der Waals surface area contributed by atoms with E-state index in [0.29, 0.717) is 11.4 Å². The summed E-state index contributed by atoms with van der Waals surface area (Å²) in [6.45, 7) is -0.599. The second kappa shape index (κ2) is 9.53. The third-order valence-corrected chi connectivity index (χ3v) is 5.49. The maximum atomic E-state index is 13.3. The molecule has 9 nitrogen and oxygen atoms in total. The standard InChI is InChI=1S/C25H20N2O7/c1-33-24(29)18-12-19(14-20(13-18)27(31)32)25(30)34-15-23(28)26-21-8-4-2-6-16(21)10-11-17-7-3-5-9-22(17)26/h2-9,12-14H,10-11,15H2,1H3. The molecule has 0 atom stereocenters. The lowest BCUT2D eigenvalue weighted by molar-refractivity contribution is -0.384. The molecule has 0 aliphatic carbocycles. The van der Waals surface area contributed by atoms with Crippen LogP contribution >= 0.6 is 0 Å². The highest BCUT2D eigenvalue weighted by Crippen LogP contribution is 2.36. The molecule has 4 rings (SSSR count). The minimum absolute atomic E-state index is 0.176. The monoisotopic (exact) mass is 460 g/mol. The zero-order valence-corrected chi connectivity index (χ0v) is 18.2. The fourth-order valence-electron chi connectivity index (χ4n) is 3.89. The second-order valence-corrected chi connectivity index (χ2v) is 7.58. The molecule has 0 unspecified atom stereocenters. The molecule has 0 saturated carbocycles. The molecular formula is C25H20N2O7. The van der Waals surface area contributed by atoms with Crippen LogP contribution in [0.2, 0.25) is 0 Å². The number of nitrogens with zero attached hydrogens (tertiary/aromatic N) is 2. The van der Waals surface area contributed by atoms with Crippen molar-refractivity contribution in [3.05, 3.63) is 99.1 Å².